The van der Waals surface area contributed by atoms with E-state index in [0.717, 1.165) is 11.6 Å². The summed E-state index contributed by atoms with van der Waals surface area (Å²) < 4.78 is 53.0. The summed E-state index contributed by atoms with van der Waals surface area (Å²) in [6.45, 7) is 1.53. The number of nitrogens with one attached hydrogen (secondary N) is 1. The Morgan fingerprint density at radius 2 is 2.03 bits per heavy atom. The molecule has 2 aromatic heterocycles. The number of hydrogen-bond donors (Lipinski definition) is 2. The highest BCUT2D eigenvalue weighted by atomic mass is 32.2. The number of hydroxylamine groups is 1. The molecule has 11 heteroatoms. The molecule has 1 fully saturated rings. The van der Waals surface area contributed by atoms with Crippen LogP contribution >= 0.6 is 0 Å². The van der Waals surface area contributed by atoms with Gasteiger partial charge in [0.1, 0.15) is 17.3 Å². The Morgan fingerprint density at radius 3 is 2.69 bits per heavy atom. The molecule has 0 aliphatic carbocycles. The molecular weight excluding hydrogens is 442 g/mol. The van der Waals surface area contributed by atoms with Gasteiger partial charge < -0.3 is 4.57 Å². The topological polar surface area (TPSA) is 105 Å². The largest absolute Gasteiger partial charge is 0.341 e. The lowest BCUT2D eigenvalue weighted by Crippen LogP contribution is -2.26. The predicted molar refractivity (Wildman–Crippen MR) is 113 cm³/mol. The number of sulfone groups is 1. The summed E-state index contributed by atoms with van der Waals surface area (Å²) in [5, 5.41) is 9.18. The molecule has 1 aliphatic rings. The molecule has 1 atom stereocenters. The number of carbonyl (C=O) groups is 1. The third-order valence-electron chi connectivity index (χ3n) is 5.77. The molecule has 1 aromatic carbocycles. The first kappa shape index (κ1) is 22.3. The number of rotatable bonds is 6. The number of benzene rings is 1. The average Bonchev–Trinajstić information content (AvgIpc) is 3.35. The molecule has 32 heavy (non-hydrogen) atoms. The van der Waals surface area contributed by atoms with E-state index in [1.54, 1.807) is 16.2 Å². The third kappa shape index (κ3) is 4.50. The number of fused-ring (bicyclic) bond motifs is 1. The lowest BCUT2D eigenvalue weighted by atomic mass is 10.1. The van der Waals surface area contributed by atoms with Crippen LogP contribution in [-0.2, 0) is 22.9 Å². The fourth-order valence-corrected chi connectivity index (χ4v) is 5.08. The molecule has 2 N–H and O–H groups in total. The molecule has 1 saturated heterocycles. The fourth-order valence-electron chi connectivity index (χ4n) is 4.06. The summed E-state index contributed by atoms with van der Waals surface area (Å²) in [6, 6.07) is 4.90. The minimum absolute atomic E-state index is 0.00222. The molecule has 0 bridgehead atoms. The molecule has 0 unspecified atom stereocenters. The van der Waals surface area contributed by atoms with Crippen LogP contribution in [0.1, 0.15) is 28.0 Å². The zero-order chi connectivity index (χ0) is 23.0. The van der Waals surface area contributed by atoms with Gasteiger partial charge in [0.05, 0.1) is 23.5 Å². The summed E-state index contributed by atoms with van der Waals surface area (Å²) in [7, 11) is -3.15. The maximum Gasteiger partial charge on any atom is 0.293 e. The summed E-state index contributed by atoms with van der Waals surface area (Å²) in [6.07, 6.45) is 5.02. The van der Waals surface area contributed by atoms with Crippen LogP contribution in [0.25, 0.3) is 10.9 Å². The van der Waals surface area contributed by atoms with Gasteiger partial charge in [-0.3, -0.25) is 14.9 Å². The Kier molecular flexibility index (Phi) is 5.97. The summed E-state index contributed by atoms with van der Waals surface area (Å²) in [5.74, 6) is -2.11. The second-order valence-electron chi connectivity index (χ2n) is 8.02. The standard InChI is InChI=1S/C21H22F2N4O4S/c1-32(30,31)16-4-5-26(12-16)9-14-11-27(10-13-2-3-15(22)6-18(13)23)20-8-24-19(7-17(14)20)21(28)25-29/h2-3,6-8,11,16,29H,4-5,9-10,12H2,1H3,(H,25,28)/t16-/m1/s1. The van der Waals surface area contributed by atoms with Gasteiger partial charge in [0.15, 0.2) is 9.84 Å². The number of pyridine rings is 1. The van der Waals surface area contributed by atoms with Crippen LogP contribution in [0.2, 0.25) is 0 Å². The van der Waals surface area contributed by atoms with Crippen molar-refractivity contribution in [2.75, 3.05) is 19.3 Å². The van der Waals surface area contributed by atoms with Crippen LogP contribution in [0.3, 0.4) is 0 Å². The van der Waals surface area contributed by atoms with Gasteiger partial charge in [0.2, 0.25) is 0 Å². The molecule has 8 nitrogen and oxygen atoms in total. The number of carbonyl (C=O) groups excluding carboxylic acids is 1. The van der Waals surface area contributed by atoms with Crippen LogP contribution in [0.15, 0.2) is 36.7 Å². The molecule has 1 aliphatic heterocycles. The van der Waals surface area contributed by atoms with Crippen LogP contribution in [0, 0.1) is 11.6 Å². The molecule has 0 saturated carbocycles. The quantitative estimate of drug-likeness (QED) is 0.428. The molecule has 170 valence electrons. The number of hydrogen-bond acceptors (Lipinski definition) is 6. The van der Waals surface area contributed by atoms with Crippen molar-refractivity contribution >= 4 is 26.6 Å². The SMILES string of the molecule is CS(=O)(=O)[C@@H]1CCN(Cc2cn(Cc3ccc(F)cc3F)c3cnc(C(=O)NO)cc23)C1. The molecule has 3 aromatic rings. The molecule has 1 amide bonds. The maximum absolute atomic E-state index is 14.2. The van der Waals surface area contributed by atoms with Crippen molar-refractivity contribution in [1.82, 2.24) is 19.9 Å². The lowest BCUT2D eigenvalue weighted by Gasteiger charge is -2.15. The minimum atomic E-state index is -3.15. The van der Waals surface area contributed by atoms with Gasteiger partial charge in [-0.25, -0.2) is 27.7 Å². The number of nitrogens with zero attached hydrogens (tertiary/aromatic N) is 3. The Bertz CT molecular complexity index is 1290. The summed E-state index contributed by atoms with van der Waals surface area (Å²) in [4.78, 5) is 17.9. The van der Waals surface area contributed by atoms with Crippen LogP contribution in [0.4, 0.5) is 8.78 Å². The van der Waals surface area contributed by atoms with E-state index in [4.69, 9.17) is 5.21 Å². The van der Waals surface area contributed by atoms with E-state index >= 15 is 0 Å². The number of aromatic nitrogens is 2. The zero-order valence-electron chi connectivity index (χ0n) is 17.3. The summed E-state index contributed by atoms with van der Waals surface area (Å²) in [5.41, 5.74) is 3.25. The second-order valence-corrected chi connectivity index (χ2v) is 10.3. The van der Waals surface area contributed by atoms with E-state index in [-0.39, 0.29) is 17.8 Å². The fraction of sp³-hybridized carbons (Fsp3) is 0.333. The van der Waals surface area contributed by atoms with Gasteiger partial charge in [0, 0.05) is 42.6 Å². The second kappa shape index (κ2) is 8.57. The van der Waals surface area contributed by atoms with Gasteiger partial charge in [0.25, 0.3) is 5.91 Å². The Labute approximate surface area is 183 Å². The van der Waals surface area contributed by atoms with Crippen molar-refractivity contribution in [3.05, 3.63) is 65.1 Å². The van der Waals surface area contributed by atoms with Crippen molar-refractivity contribution in [3.63, 3.8) is 0 Å². The smallest absolute Gasteiger partial charge is 0.293 e. The highest BCUT2D eigenvalue weighted by Crippen LogP contribution is 2.27. The van der Waals surface area contributed by atoms with E-state index in [1.807, 2.05) is 4.90 Å². The van der Waals surface area contributed by atoms with Crippen LogP contribution in [-0.4, -0.2) is 58.6 Å². The molecular formula is C21H22F2N4O4S. The zero-order valence-corrected chi connectivity index (χ0v) is 18.1. The van der Waals surface area contributed by atoms with Gasteiger partial charge in [-0.1, -0.05) is 6.07 Å². The Morgan fingerprint density at radius 1 is 1.25 bits per heavy atom. The highest BCUT2D eigenvalue weighted by Gasteiger charge is 2.30. The van der Waals surface area contributed by atoms with Crippen molar-refractivity contribution in [3.8, 4) is 0 Å². The normalized spacial score (nSPS) is 17.2. The van der Waals surface area contributed by atoms with Gasteiger partial charge in [-0.15, -0.1) is 0 Å². The first-order valence-corrected chi connectivity index (χ1v) is 11.9. The monoisotopic (exact) mass is 464 g/mol. The van der Waals surface area contributed by atoms with Crippen LogP contribution < -0.4 is 5.48 Å². The number of amides is 1. The number of likely N-dealkylation sites (tertiary alicyclic amines) is 1. The number of halogens is 2. The maximum atomic E-state index is 14.2. The van der Waals surface area contributed by atoms with Crippen molar-refractivity contribution in [2.45, 2.75) is 24.8 Å². The Balaban J connectivity index is 1.71. The van der Waals surface area contributed by atoms with Gasteiger partial charge in [-0.05, 0) is 30.7 Å². The third-order valence-corrected chi connectivity index (χ3v) is 7.36. The molecule has 0 radical (unpaired) electrons. The Hall–Kier alpha value is -2.89. The van der Waals surface area contributed by atoms with Crippen molar-refractivity contribution < 1.29 is 27.2 Å². The first-order chi connectivity index (χ1) is 15.2. The lowest BCUT2D eigenvalue weighted by molar-refractivity contribution is 0.0701. The molecule has 0 spiro atoms. The van der Waals surface area contributed by atoms with E-state index in [1.165, 1.54) is 30.7 Å². The van der Waals surface area contributed by atoms with Gasteiger partial charge >= 0.3 is 0 Å². The predicted octanol–water partition coefficient (Wildman–Crippen LogP) is 2.10. The van der Waals surface area contributed by atoms with E-state index in [2.05, 4.69) is 4.98 Å². The average molecular weight is 464 g/mol. The highest BCUT2D eigenvalue weighted by molar-refractivity contribution is 7.91. The van der Waals surface area contributed by atoms with E-state index in [9.17, 15) is 22.0 Å². The summed E-state index contributed by atoms with van der Waals surface area (Å²) >= 11 is 0. The first-order valence-electron chi connectivity index (χ1n) is 9.93. The van der Waals surface area contributed by atoms with Gasteiger partial charge in [-0.2, -0.15) is 0 Å². The van der Waals surface area contributed by atoms with E-state index < -0.39 is 32.6 Å². The minimum Gasteiger partial charge on any atom is -0.341 e. The van der Waals surface area contributed by atoms with Crippen molar-refractivity contribution in [2.24, 2.45) is 0 Å². The molecule has 3 heterocycles. The molecule has 4 rings (SSSR count). The van der Waals surface area contributed by atoms with E-state index in [0.29, 0.717) is 37.0 Å². The van der Waals surface area contributed by atoms with Crippen LogP contribution in [0.5, 0.6) is 0 Å². The van der Waals surface area contributed by atoms with Crippen molar-refractivity contribution in [1.29, 1.82) is 0 Å².